The van der Waals surface area contributed by atoms with Crippen molar-refractivity contribution in [1.29, 1.82) is 0 Å². The summed E-state index contributed by atoms with van der Waals surface area (Å²) in [6.07, 6.45) is 0. The summed E-state index contributed by atoms with van der Waals surface area (Å²) in [6.45, 7) is 7.34. The molecule has 0 heterocycles. The van der Waals surface area contributed by atoms with Gasteiger partial charge in [0.05, 0.1) is 0 Å². The van der Waals surface area contributed by atoms with Crippen LogP contribution in [0.3, 0.4) is 0 Å². The van der Waals surface area contributed by atoms with E-state index in [9.17, 15) is 4.79 Å². The summed E-state index contributed by atoms with van der Waals surface area (Å²) in [4.78, 5) is 11.2. The van der Waals surface area contributed by atoms with Crippen molar-refractivity contribution in [2.45, 2.75) is 33.2 Å². The van der Waals surface area contributed by atoms with Crippen LogP contribution < -0.4 is 0 Å². The molecule has 0 aromatic carbocycles. The van der Waals surface area contributed by atoms with E-state index in [1.807, 2.05) is 20.8 Å². The topological polar surface area (TPSA) is 49.8 Å². The second-order valence-electron chi connectivity index (χ2n) is 4.31. The van der Waals surface area contributed by atoms with Crippen molar-refractivity contribution in [1.82, 2.24) is 5.06 Å². The summed E-state index contributed by atoms with van der Waals surface area (Å²) in [5.41, 5.74) is -1.37. The number of aliphatic carboxylic acids is 1. The molecule has 4 nitrogen and oxygen atoms in total. The summed E-state index contributed by atoms with van der Waals surface area (Å²) in [6, 6.07) is 0. The molecule has 0 aliphatic rings. The van der Waals surface area contributed by atoms with E-state index in [0.717, 1.165) is 0 Å². The van der Waals surface area contributed by atoms with Crippen LogP contribution in [-0.4, -0.2) is 39.2 Å². The quantitative estimate of drug-likeness (QED) is 0.521. The normalized spacial score (nSPS) is 17.4. The first-order chi connectivity index (χ1) is 5.67. The van der Waals surface area contributed by atoms with E-state index < -0.39 is 11.5 Å². The number of likely N-dealkylation sites (N-methyl/N-ethyl adjacent to an activating group) is 1. The number of carboxylic acid groups (broad SMARTS) is 1. The first kappa shape index (κ1) is 12.6. The predicted molar refractivity (Wildman–Crippen MR) is 54.3 cm³/mol. The van der Waals surface area contributed by atoms with Gasteiger partial charge in [-0.25, -0.2) is 0 Å². The maximum Gasteiger partial charge on any atom is 0.326 e. The molecule has 13 heavy (non-hydrogen) atoms. The highest BCUT2D eigenvalue weighted by Gasteiger charge is 2.48. The minimum atomic E-state index is -0.991. The smallest absolute Gasteiger partial charge is 0.326 e. The molecule has 1 atom stereocenters. The highest BCUT2D eigenvalue weighted by atomic mass is 28.2. The summed E-state index contributed by atoms with van der Waals surface area (Å²) in [5.74, 6) is -0.863. The van der Waals surface area contributed by atoms with Crippen LogP contribution in [0.25, 0.3) is 0 Å². The van der Waals surface area contributed by atoms with E-state index in [1.54, 1.807) is 14.0 Å². The standard InChI is InChI=1S/C8H19NO3Si/c1-7(2,3)8(4,6(10)11)9(5)12-13/h1-5,13H3,(H,10,11). The molecule has 1 N–H and O–H groups in total. The number of carboxylic acids is 1. The number of hydrogen-bond acceptors (Lipinski definition) is 3. The van der Waals surface area contributed by atoms with E-state index in [2.05, 4.69) is 0 Å². The Hall–Kier alpha value is -0.393. The lowest BCUT2D eigenvalue weighted by Gasteiger charge is -2.43. The van der Waals surface area contributed by atoms with Gasteiger partial charge in [-0.2, -0.15) is 5.06 Å². The van der Waals surface area contributed by atoms with Crippen molar-refractivity contribution in [3.8, 4) is 0 Å². The lowest BCUT2D eigenvalue weighted by atomic mass is 9.75. The van der Waals surface area contributed by atoms with Gasteiger partial charge in [0.25, 0.3) is 0 Å². The van der Waals surface area contributed by atoms with Crippen LogP contribution in [0.5, 0.6) is 0 Å². The highest BCUT2D eigenvalue weighted by Crippen LogP contribution is 2.34. The molecule has 0 aliphatic carbocycles. The number of carbonyl (C=O) groups is 1. The Morgan fingerprint density at radius 2 is 1.77 bits per heavy atom. The Kier molecular flexibility index (Phi) is 3.66. The fourth-order valence-corrected chi connectivity index (χ4v) is 1.48. The van der Waals surface area contributed by atoms with E-state index in [-0.39, 0.29) is 5.41 Å². The highest BCUT2D eigenvalue weighted by molar-refractivity contribution is 5.97. The van der Waals surface area contributed by atoms with Crippen molar-refractivity contribution < 1.29 is 14.4 Å². The monoisotopic (exact) mass is 205 g/mol. The second-order valence-corrected chi connectivity index (χ2v) is 4.67. The van der Waals surface area contributed by atoms with E-state index in [4.69, 9.17) is 9.63 Å². The van der Waals surface area contributed by atoms with Crippen LogP contribution in [0.1, 0.15) is 27.7 Å². The van der Waals surface area contributed by atoms with Crippen molar-refractivity contribution in [2.24, 2.45) is 5.41 Å². The Balaban J connectivity index is 5.08. The van der Waals surface area contributed by atoms with Crippen molar-refractivity contribution >= 4 is 16.5 Å². The molecule has 0 radical (unpaired) electrons. The predicted octanol–water partition coefficient (Wildman–Crippen LogP) is 0.0196. The van der Waals surface area contributed by atoms with Crippen LogP contribution in [0, 0.1) is 5.41 Å². The fourth-order valence-electron chi connectivity index (χ4n) is 1.11. The largest absolute Gasteiger partial charge is 0.480 e. The van der Waals surface area contributed by atoms with E-state index in [1.165, 1.54) is 5.06 Å². The van der Waals surface area contributed by atoms with Gasteiger partial charge in [0.2, 0.25) is 0 Å². The molecular formula is C8H19NO3Si. The van der Waals surface area contributed by atoms with Crippen LogP contribution in [0.4, 0.5) is 0 Å². The third kappa shape index (κ3) is 2.10. The number of rotatable bonds is 3. The molecule has 0 fully saturated rings. The Labute approximate surface area is 82.4 Å². The molecule has 0 saturated heterocycles. The van der Waals surface area contributed by atoms with Gasteiger partial charge in [-0.15, -0.1) is 0 Å². The lowest BCUT2D eigenvalue weighted by Crippen LogP contribution is -2.58. The molecule has 5 heteroatoms. The molecule has 0 spiro atoms. The van der Waals surface area contributed by atoms with Gasteiger partial charge in [-0.05, 0) is 12.3 Å². The summed E-state index contributed by atoms with van der Waals surface area (Å²) in [5, 5.41) is 10.6. The first-order valence-electron chi connectivity index (χ1n) is 4.19. The summed E-state index contributed by atoms with van der Waals surface area (Å²) < 4.78 is 5.09. The number of nitrogens with zero attached hydrogens (tertiary/aromatic N) is 1. The zero-order chi connectivity index (χ0) is 10.9. The van der Waals surface area contributed by atoms with Gasteiger partial charge in [0.15, 0.2) is 10.5 Å². The maximum absolute atomic E-state index is 11.2. The maximum atomic E-state index is 11.2. The van der Waals surface area contributed by atoms with Crippen molar-refractivity contribution in [2.75, 3.05) is 7.05 Å². The summed E-state index contributed by atoms with van der Waals surface area (Å²) >= 11 is 0. The fraction of sp³-hybridized carbons (Fsp3) is 0.875. The average molecular weight is 205 g/mol. The minimum Gasteiger partial charge on any atom is -0.480 e. The Morgan fingerprint density at radius 1 is 1.38 bits per heavy atom. The van der Waals surface area contributed by atoms with Crippen LogP contribution in [0.15, 0.2) is 0 Å². The lowest BCUT2D eigenvalue weighted by molar-refractivity contribution is -0.190. The molecule has 0 aliphatic heterocycles. The Bertz CT molecular complexity index is 202. The molecule has 0 bridgehead atoms. The number of hydroxylamine groups is 2. The zero-order valence-electron chi connectivity index (χ0n) is 9.21. The molecule has 78 valence electrons. The van der Waals surface area contributed by atoms with Gasteiger partial charge in [0, 0.05) is 7.05 Å². The third-order valence-electron chi connectivity index (χ3n) is 2.78. The molecule has 0 amide bonds. The third-order valence-corrected chi connectivity index (χ3v) is 3.33. The average Bonchev–Trinajstić information content (AvgIpc) is 1.98. The van der Waals surface area contributed by atoms with E-state index >= 15 is 0 Å². The summed E-state index contributed by atoms with van der Waals surface area (Å²) in [7, 11) is 2.15. The van der Waals surface area contributed by atoms with Crippen molar-refractivity contribution in [3.63, 3.8) is 0 Å². The van der Waals surface area contributed by atoms with Gasteiger partial charge in [-0.3, -0.25) is 4.79 Å². The van der Waals surface area contributed by atoms with Crippen LogP contribution in [-0.2, 0) is 9.32 Å². The number of hydrogen-bond donors (Lipinski definition) is 1. The molecule has 0 aromatic heterocycles. The van der Waals surface area contributed by atoms with Crippen LogP contribution >= 0.6 is 0 Å². The van der Waals surface area contributed by atoms with Gasteiger partial charge >= 0.3 is 5.97 Å². The van der Waals surface area contributed by atoms with Gasteiger partial charge in [-0.1, -0.05) is 20.8 Å². The van der Waals surface area contributed by atoms with Gasteiger partial charge in [0.1, 0.15) is 5.54 Å². The first-order valence-corrected chi connectivity index (χ1v) is 5.01. The van der Waals surface area contributed by atoms with Crippen molar-refractivity contribution in [3.05, 3.63) is 0 Å². The molecule has 0 aromatic rings. The second kappa shape index (κ2) is 3.77. The van der Waals surface area contributed by atoms with Crippen LogP contribution in [0.2, 0.25) is 0 Å². The molecule has 0 rings (SSSR count). The molecule has 0 saturated carbocycles. The van der Waals surface area contributed by atoms with Gasteiger partial charge < -0.3 is 9.63 Å². The minimum absolute atomic E-state index is 0.377. The molecule has 1 unspecified atom stereocenters. The Morgan fingerprint density at radius 3 is 1.85 bits per heavy atom. The SMILES string of the molecule is CN(O[SiH3])C(C)(C(=O)O)C(C)(C)C. The van der Waals surface area contributed by atoms with E-state index in [0.29, 0.717) is 10.5 Å². The zero-order valence-corrected chi connectivity index (χ0v) is 11.2. The molecular weight excluding hydrogens is 186 g/mol.